The molecule has 0 unspecified atom stereocenters. The molecular weight excluding hydrogens is 418 g/mol. The number of carbonyl (C=O) groups is 1. The summed E-state index contributed by atoms with van der Waals surface area (Å²) >= 11 is 3.46. The van der Waals surface area contributed by atoms with E-state index in [-0.39, 0.29) is 11.7 Å². The molecule has 0 aliphatic rings. The second-order valence-corrected chi connectivity index (χ2v) is 8.65. The zero-order valence-corrected chi connectivity index (χ0v) is 16.7. The summed E-state index contributed by atoms with van der Waals surface area (Å²) in [5.41, 5.74) is 3.09. The fourth-order valence-corrected chi connectivity index (χ4v) is 3.89. The van der Waals surface area contributed by atoms with Crippen LogP contribution in [0.1, 0.15) is 23.0 Å². The van der Waals surface area contributed by atoms with Crippen molar-refractivity contribution in [1.82, 2.24) is 4.98 Å². The Morgan fingerprint density at radius 3 is 2.58 bits per heavy atom. The Kier molecular flexibility index (Phi) is 5.06. The smallest absolute Gasteiger partial charge is 0.273 e. The molecule has 3 aromatic rings. The van der Waals surface area contributed by atoms with E-state index in [1.54, 1.807) is 32.0 Å². The van der Waals surface area contributed by atoms with Crippen LogP contribution in [0.5, 0.6) is 0 Å². The average molecular weight is 436 g/mol. The average Bonchev–Trinajstić information content (AvgIpc) is 2.95. The molecule has 1 heterocycles. The topological polar surface area (TPSA) is 91.1 Å². The van der Waals surface area contributed by atoms with Crippen LogP contribution in [-0.4, -0.2) is 25.1 Å². The third kappa shape index (κ3) is 3.76. The first-order chi connectivity index (χ1) is 12.3. The largest absolute Gasteiger partial charge is 0.350 e. The van der Waals surface area contributed by atoms with Crippen LogP contribution in [-0.2, 0) is 10.0 Å². The number of benzene rings is 2. The number of rotatable bonds is 5. The van der Waals surface area contributed by atoms with E-state index in [4.69, 9.17) is 0 Å². The fraction of sp³-hybridized carbons (Fsp3) is 0.167. The van der Waals surface area contributed by atoms with Crippen LogP contribution in [0, 0.1) is 6.92 Å². The molecule has 3 rings (SSSR count). The lowest BCUT2D eigenvalue weighted by atomic mass is 10.2. The maximum atomic E-state index is 12.6. The maximum absolute atomic E-state index is 12.6. The summed E-state index contributed by atoms with van der Waals surface area (Å²) in [5, 5.41) is 3.76. The van der Waals surface area contributed by atoms with E-state index in [0.717, 1.165) is 16.5 Å². The molecule has 0 saturated carbocycles. The van der Waals surface area contributed by atoms with Gasteiger partial charge in [0.15, 0.2) is 0 Å². The van der Waals surface area contributed by atoms with Crippen LogP contribution in [0.4, 0.5) is 11.4 Å². The summed E-state index contributed by atoms with van der Waals surface area (Å²) < 4.78 is 26.6. The van der Waals surface area contributed by atoms with Gasteiger partial charge in [0.1, 0.15) is 5.69 Å². The molecule has 26 heavy (non-hydrogen) atoms. The first-order valence-corrected chi connectivity index (χ1v) is 10.4. The summed E-state index contributed by atoms with van der Waals surface area (Å²) in [6.45, 7) is 3.35. The van der Waals surface area contributed by atoms with Gasteiger partial charge in [-0.25, -0.2) is 8.42 Å². The second kappa shape index (κ2) is 7.13. The van der Waals surface area contributed by atoms with E-state index in [2.05, 4.69) is 31.0 Å². The molecule has 0 spiro atoms. The van der Waals surface area contributed by atoms with Crippen LogP contribution in [0.2, 0.25) is 0 Å². The first-order valence-electron chi connectivity index (χ1n) is 7.99. The van der Waals surface area contributed by atoms with Gasteiger partial charge in [0.05, 0.1) is 15.9 Å². The number of carbonyl (C=O) groups excluding carboxylic acids is 1. The monoisotopic (exact) mass is 435 g/mol. The van der Waals surface area contributed by atoms with Crippen molar-refractivity contribution in [2.24, 2.45) is 0 Å². The number of nitrogens with one attached hydrogen (secondary N) is 3. The van der Waals surface area contributed by atoms with Crippen molar-refractivity contribution in [3.8, 4) is 0 Å². The van der Waals surface area contributed by atoms with E-state index < -0.39 is 10.0 Å². The van der Waals surface area contributed by atoms with Crippen LogP contribution in [0.25, 0.3) is 10.9 Å². The summed E-state index contributed by atoms with van der Waals surface area (Å²) in [6, 6.07) is 12.6. The lowest BCUT2D eigenvalue weighted by molar-refractivity contribution is 0.102. The van der Waals surface area contributed by atoms with Crippen molar-refractivity contribution in [3.05, 3.63) is 58.2 Å². The van der Waals surface area contributed by atoms with Gasteiger partial charge >= 0.3 is 0 Å². The van der Waals surface area contributed by atoms with Gasteiger partial charge in [-0.1, -0.05) is 18.2 Å². The van der Waals surface area contributed by atoms with E-state index in [1.807, 2.05) is 24.3 Å². The van der Waals surface area contributed by atoms with Gasteiger partial charge in [-0.15, -0.1) is 0 Å². The first kappa shape index (κ1) is 18.5. The maximum Gasteiger partial charge on any atom is 0.273 e. The summed E-state index contributed by atoms with van der Waals surface area (Å²) in [6.07, 6.45) is 0. The van der Waals surface area contributed by atoms with Crippen molar-refractivity contribution < 1.29 is 13.2 Å². The molecule has 0 saturated heterocycles. The van der Waals surface area contributed by atoms with E-state index >= 15 is 0 Å². The SMILES string of the molecule is CCS(=O)(=O)Nc1ccc(NC(=O)c2[nH]c3ccccc3c2Br)cc1C. The van der Waals surface area contributed by atoms with Gasteiger partial charge in [0, 0.05) is 16.6 Å². The van der Waals surface area contributed by atoms with E-state index in [0.29, 0.717) is 21.5 Å². The highest BCUT2D eigenvalue weighted by molar-refractivity contribution is 9.10. The van der Waals surface area contributed by atoms with Gasteiger partial charge in [-0.3, -0.25) is 9.52 Å². The number of fused-ring (bicyclic) bond motifs is 1. The number of aromatic amines is 1. The number of para-hydroxylation sites is 1. The van der Waals surface area contributed by atoms with Crippen LogP contribution in [0.15, 0.2) is 46.9 Å². The molecule has 0 fully saturated rings. The molecule has 2 aromatic carbocycles. The molecule has 1 aromatic heterocycles. The molecule has 0 bridgehead atoms. The normalized spacial score (nSPS) is 11.5. The van der Waals surface area contributed by atoms with Gasteiger partial charge in [-0.2, -0.15) is 0 Å². The quantitative estimate of drug-likeness (QED) is 0.559. The molecular formula is C18H18BrN3O3S. The van der Waals surface area contributed by atoms with E-state index in [1.165, 1.54) is 0 Å². The highest BCUT2D eigenvalue weighted by Crippen LogP contribution is 2.28. The lowest BCUT2D eigenvalue weighted by Crippen LogP contribution is -2.16. The molecule has 3 N–H and O–H groups in total. The van der Waals surface area contributed by atoms with Crippen LogP contribution < -0.4 is 10.0 Å². The number of sulfonamides is 1. The lowest BCUT2D eigenvalue weighted by Gasteiger charge is -2.11. The Hall–Kier alpha value is -2.32. The molecule has 0 aliphatic carbocycles. The van der Waals surface area contributed by atoms with Crippen LogP contribution in [0.3, 0.4) is 0 Å². The fourth-order valence-electron chi connectivity index (χ4n) is 2.55. The highest BCUT2D eigenvalue weighted by atomic mass is 79.9. The van der Waals surface area contributed by atoms with Gasteiger partial charge in [0.25, 0.3) is 5.91 Å². The summed E-state index contributed by atoms with van der Waals surface area (Å²) in [7, 11) is -3.34. The summed E-state index contributed by atoms with van der Waals surface area (Å²) in [4.78, 5) is 15.7. The Balaban J connectivity index is 1.83. The minimum atomic E-state index is -3.34. The number of aryl methyl sites for hydroxylation is 1. The summed E-state index contributed by atoms with van der Waals surface area (Å²) in [5.74, 6) is -0.284. The van der Waals surface area contributed by atoms with Gasteiger partial charge in [0.2, 0.25) is 10.0 Å². The van der Waals surface area contributed by atoms with E-state index in [9.17, 15) is 13.2 Å². The molecule has 136 valence electrons. The Morgan fingerprint density at radius 2 is 1.92 bits per heavy atom. The number of anilines is 2. The van der Waals surface area contributed by atoms with Gasteiger partial charge < -0.3 is 10.3 Å². The molecule has 0 atom stereocenters. The third-order valence-electron chi connectivity index (χ3n) is 4.00. The zero-order valence-electron chi connectivity index (χ0n) is 14.3. The predicted molar refractivity (Wildman–Crippen MR) is 108 cm³/mol. The molecule has 0 radical (unpaired) electrons. The Morgan fingerprint density at radius 1 is 1.19 bits per heavy atom. The second-order valence-electron chi connectivity index (χ2n) is 5.85. The molecule has 6 nitrogen and oxygen atoms in total. The van der Waals surface area contributed by atoms with Crippen molar-refractivity contribution in [3.63, 3.8) is 0 Å². The van der Waals surface area contributed by atoms with Crippen molar-refractivity contribution >= 4 is 54.1 Å². The Bertz CT molecular complexity index is 1090. The number of aromatic nitrogens is 1. The van der Waals surface area contributed by atoms with Gasteiger partial charge in [-0.05, 0) is 59.6 Å². The van der Waals surface area contributed by atoms with Crippen molar-refractivity contribution in [2.75, 3.05) is 15.8 Å². The van der Waals surface area contributed by atoms with Crippen molar-refractivity contribution in [1.29, 1.82) is 0 Å². The number of amides is 1. The standard InChI is InChI=1S/C18H18BrN3O3S/c1-3-26(24,25)22-14-9-8-12(10-11(14)2)20-18(23)17-16(19)13-6-4-5-7-15(13)21-17/h4-10,21-22H,3H2,1-2H3,(H,20,23). The van der Waals surface area contributed by atoms with Crippen molar-refractivity contribution in [2.45, 2.75) is 13.8 Å². The molecule has 0 aliphatic heterocycles. The highest BCUT2D eigenvalue weighted by Gasteiger charge is 2.16. The number of hydrogen-bond donors (Lipinski definition) is 3. The number of hydrogen-bond acceptors (Lipinski definition) is 3. The molecule has 8 heteroatoms. The zero-order chi connectivity index (χ0) is 18.9. The molecule has 1 amide bonds. The Labute approximate surface area is 160 Å². The predicted octanol–water partition coefficient (Wildman–Crippen LogP) is 4.25. The minimum absolute atomic E-state index is 0.000657. The minimum Gasteiger partial charge on any atom is -0.350 e. The number of H-pyrrole nitrogens is 1. The van der Waals surface area contributed by atoms with Crippen LogP contribution >= 0.6 is 15.9 Å². The third-order valence-corrected chi connectivity index (χ3v) is 6.11. The number of halogens is 1.